The number of hydrogen-bond donors (Lipinski definition) is 1. The molecule has 1 aromatic heterocycles. The Labute approximate surface area is 107 Å². The second-order valence-corrected chi connectivity index (χ2v) is 7.46. The lowest BCUT2D eigenvalue weighted by Crippen LogP contribution is -2.19. The number of sulfone groups is 1. The minimum atomic E-state index is -2.85. The minimum absolute atomic E-state index is 0.00708. The van der Waals surface area contributed by atoms with E-state index in [-0.39, 0.29) is 17.4 Å². The Morgan fingerprint density at radius 1 is 1.39 bits per heavy atom. The Hall–Kier alpha value is -0.880. The summed E-state index contributed by atoms with van der Waals surface area (Å²) in [6.45, 7) is 0.883. The van der Waals surface area contributed by atoms with E-state index in [0.29, 0.717) is 18.4 Å². The third-order valence-electron chi connectivity index (χ3n) is 3.56. The molecule has 1 aliphatic carbocycles. The lowest BCUT2D eigenvalue weighted by atomic mass is 10.1. The average molecular weight is 270 g/mol. The predicted molar refractivity (Wildman–Crippen MR) is 67.2 cm³/mol. The van der Waals surface area contributed by atoms with Crippen LogP contribution in [-0.2, 0) is 16.3 Å². The number of aromatic nitrogens is 1. The van der Waals surface area contributed by atoms with E-state index in [1.807, 2.05) is 0 Å². The van der Waals surface area contributed by atoms with Gasteiger partial charge in [0.1, 0.15) is 5.76 Å². The van der Waals surface area contributed by atoms with Gasteiger partial charge in [-0.1, -0.05) is 0 Å². The van der Waals surface area contributed by atoms with E-state index in [1.54, 1.807) is 6.20 Å². The molecule has 1 saturated heterocycles. The minimum Gasteiger partial charge on any atom is -0.445 e. The first-order chi connectivity index (χ1) is 8.62. The standard InChI is InChI=1S/C12H18N2O3S/c15-18(16)6-4-9(8-18)11-7-14-12(17-11)3-5-13-10-1-2-10/h7,9-10,13H,1-6,8H2. The smallest absolute Gasteiger partial charge is 0.195 e. The maximum absolute atomic E-state index is 11.4. The normalized spacial score (nSPS) is 26.6. The summed E-state index contributed by atoms with van der Waals surface area (Å²) >= 11 is 0. The monoisotopic (exact) mass is 270 g/mol. The van der Waals surface area contributed by atoms with Gasteiger partial charge in [0.2, 0.25) is 0 Å². The summed E-state index contributed by atoms with van der Waals surface area (Å²) in [7, 11) is -2.85. The molecule has 2 heterocycles. The van der Waals surface area contributed by atoms with Gasteiger partial charge in [0, 0.05) is 24.9 Å². The number of nitrogens with one attached hydrogen (secondary N) is 1. The zero-order valence-corrected chi connectivity index (χ0v) is 11.1. The van der Waals surface area contributed by atoms with Gasteiger partial charge < -0.3 is 9.73 Å². The highest BCUT2D eigenvalue weighted by atomic mass is 32.2. The van der Waals surface area contributed by atoms with E-state index in [0.717, 1.165) is 18.7 Å². The van der Waals surface area contributed by atoms with Crippen LogP contribution in [0, 0.1) is 0 Å². The summed E-state index contributed by atoms with van der Waals surface area (Å²) in [5, 5.41) is 3.40. The summed E-state index contributed by atoms with van der Waals surface area (Å²) in [6, 6.07) is 0.694. The molecule has 2 aliphatic rings. The van der Waals surface area contributed by atoms with E-state index >= 15 is 0 Å². The molecule has 2 fully saturated rings. The molecule has 1 unspecified atom stereocenters. The van der Waals surface area contributed by atoms with Crippen molar-refractivity contribution in [2.75, 3.05) is 18.1 Å². The van der Waals surface area contributed by atoms with Gasteiger partial charge in [-0.25, -0.2) is 13.4 Å². The first-order valence-electron chi connectivity index (χ1n) is 6.51. The van der Waals surface area contributed by atoms with Crippen molar-refractivity contribution in [1.82, 2.24) is 10.3 Å². The largest absolute Gasteiger partial charge is 0.445 e. The maximum atomic E-state index is 11.4. The van der Waals surface area contributed by atoms with Crippen LogP contribution in [0.5, 0.6) is 0 Å². The van der Waals surface area contributed by atoms with E-state index in [9.17, 15) is 8.42 Å². The molecule has 18 heavy (non-hydrogen) atoms. The van der Waals surface area contributed by atoms with Gasteiger partial charge in [0.15, 0.2) is 15.7 Å². The van der Waals surface area contributed by atoms with Crippen molar-refractivity contribution in [3.63, 3.8) is 0 Å². The van der Waals surface area contributed by atoms with Gasteiger partial charge in [-0.3, -0.25) is 0 Å². The van der Waals surface area contributed by atoms with Crippen LogP contribution >= 0.6 is 0 Å². The van der Waals surface area contributed by atoms with Crippen molar-refractivity contribution in [3.8, 4) is 0 Å². The average Bonchev–Trinajstić information content (AvgIpc) is 2.88. The molecule has 0 radical (unpaired) electrons. The van der Waals surface area contributed by atoms with Crippen LogP contribution in [0.3, 0.4) is 0 Å². The van der Waals surface area contributed by atoms with Crippen LogP contribution in [0.15, 0.2) is 10.6 Å². The molecule has 0 aromatic carbocycles. The third-order valence-corrected chi connectivity index (χ3v) is 5.32. The number of nitrogens with zero attached hydrogens (tertiary/aromatic N) is 1. The van der Waals surface area contributed by atoms with Crippen molar-refractivity contribution in [2.24, 2.45) is 0 Å². The van der Waals surface area contributed by atoms with E-state index < -0.39 is 9.84 Å². The summed E-state index contributed by atoms with van der Waals surface area (Å²) in [5.74, 6) is 1.94. The molecule has 3 rings (SSSR count). The van der Waals surface area contributed by atoms with E-state index in [2.05, 4.69) is 10.3 Å². The Kier molecular flexibility index (Phi) is 3.15. The molecule has 0 amide bonds. The molecule has 0 bridgehead atoms. The molecule has 1 saturated carbocycles. The second-order valence-electron chi connectivity index (χ2n) is 5.23. The molecule has 0 spiro atoms. The quantitative estimate of drug-likeness (QED) is 0.859. The van der Waals surface area contributed by atoms with Crippen LogP contribution in [0.25, 0.3) is 0 Å². The van der Waals surface area contributed by atoms with Gasteiger partial charge >= 0.3 is 0 Å². The summed E-state index contributed by atoms with van der Waals surface area (Å²) in [5.41, 5.74) is 0. The van der Waals surface area contributed by atoms with Crippen LogP contribution in [-0.4, -0.2) is 37.5 Å². The van der Waals surface area contributed by atoms with Crippen molar-refractivity contribution in [1.29, 1.82) is 0 Å². The number of rotatable bonds is 5. The molecule has 5 nitrogen and oxygen atoms in total. The van der Waals surface area contributed by atoms with Crippen molar-refractivity contribution in [2.45, 2.75) is 37.6 Å². The van der Waals surface area contributed by atoms with Gasteiger partial charge in [-0.05, 0) is 19.3 Å². The molecule has 1 aromatic rings. The van der Waals surface area contributed by atoms with Crippen molar-refractivity contribution in [3.05, 3.63) is 17.8 Å². The molecular formula is C12H18N2O3S. The molecule has 1 aliphatic heterocycles. The van der Waals surface area contributed by atoms with Gasteiger partial charge in [0.25, 0.3) is 0 Å². The lowest BCUT2D eigenvalue weighted by Gasteiger charge is -2.02. The Morgan fingerprint density at radius 2 is 2.22 bits per heavy atom. The predicted octanol–water partition coefficient (Wildman–Crippen LogP) is 0.871. The topological polar surface area (TPSA) is 72.2 Å². The number of oxazole rings is 1. The third kappa shape index (κ3) is 2.92. The fourth-order valence-corrected chi connectivity index (χ4v) is 4.07. The summed E-state index contributed by atoms with van der Waals surface area (Å²) in [6.07, 6.45) is 5.68. The van der Waals surface area contributed by atoms with Crippen LogP contribution in [0.4, 0.5) is 0 Å². The highest BCUT2D eigenvalue weighted by Gasteiger charge is 2.31. The van der Waals surface area contributed by atoms with E-state index in [1.165, 1.54) is 12.8 Å². The number of hydrogen-bond acceptors (Lipinski definition) is 5. The Bertz CT molecular complexity index is 519. The SMILES string of the molecule is O=S1(=O)CCC(c2cnc(CCNC3CC3)o2)C1. The van der Waals surface area contributed by atoms with Gasteiger partial charge in [-0.15, -0.1) is 0 Å². The van der Waals surface area contributed by atoms with Crippen molar-refractivity contribution < 1.29 is 12.8 Å². The summed E-state index contributed by atoms with van der Waals surface area (Å²) in [4.78, 5) is 4.22. The Morgan fingerprint density at radius 3 is 2.89 bits per heavy atom. The van der Waals surface area contributed by atoms with Crippen LogP contribution in [0.1, 0.15) is 36.8 Å². The molecular weight excluding hydrogens is 252 g/mol. The van der Waals surface area contributed by atoms with Gasteiger partial charge in [-0.2, -0.15) is 0 Å². The zero-order chi connectivity index (χ0) is 12.6. The van der Waals surface area contributed by atoms with Gasteiger partial charge in [0.05, 0.1) is 17.7 Å². The zero-order valence-electron chi connectivity index (χ0n) is 10.3. The Balaban J connectivity index is 1.55. The maximum Gasteiger partial charge on any atom is 0.195 e. The fourth-order valence-electron chi connectivity index (χ4n) is 2.32. The second kappa shape index (κ2) is 4.66. The van der Waals surface area contributed by atoms with Crippen molar-refractivity contribution >= 4 is 9.84 Å². The fraction of sp³-hybridized carbons (Fsp3) is 0.750. The lowest BCUT2D eigenvalue weighted by molar-refractivity contribution is 0.428. The molecule has 1 atom stereocenters. The highest BCUT2D eigenvalue weighted by molar-refractivity contribution is 7.91. The molecule has 1 N–H and O–H groups in total. The molecule has 6 heteroatoms. The first kappa shape index (κ1) is 12.2. The van der Waals surface area contributed by atoms with Crippen LogP contribution in [0.2, 0.25) is 0 Å². The van der Waals surface area contributed by atoms with E-state index in [4.69, 9.17) is 4.42 Å². The van der Waals surface area contributed by atoms with Crippen LogP contribution < -0.4 is 5.32 Å². The first-order valence-corrected chi connectivity index (χ1v) is 8.33. The highest BCUT2D eigenvalue weighted by Crippen LogP contribution is 2.29. The summed E-state index contributed by atoms with van der Waals surface area (Å²) < 4.78 is 28.5. The molecule has 100 valence electrons.